The van der Waals surface area contributed by atoms with Crippen molar-refractivity contribution in [2.45, 2.75) is 77.6 Å². The van der Waals surface area contributed by atoms with E-state index in [1.165, 1.54) is 77.3 Å². The molecule has 0 saturated heterocycles. The van der Waals surface area contributed by atoms with Crippen molar-refractivity contribution in [1.29, 1.82) is 0 Å². The van der Waals surface area contributed by atoms with E-state index in [0.29, 0.717) is 0 Å². The summed E-state index contributed by atoms with van der Waals surface area (Å²) in [5.74, 6) is 0.761. The molecule has 0 bridgehead atoms. The lowest BCUT2D eigenvalue weighted by molar-refractivity contribution is 0.524. The minimum atomic E-state index is -3.29. The SMILES string of the molecule is CCCCCNCCCCCCCCCCSOS(C)(=O)=O. The molecule has 0 spiro atoms. The van der Waals surface area contributed by atoms with Crippen LogP contribution in [0.2, 0.25) is 0 Å². The summed E-state index contributed by atoms with van der Waals surface area (Å²) in [7, 11) is -3.29. The predicted octanol–water partition coefficient (Wildman–Crippen LogP) is 4.51. The summed E-state index contributed by atoms with van der Waals surface area (Å²) in [5, 5.41) is 3.50. The molecule has 0 fully saturated rings. The van der Waals surface area contributed by atoms with Gasteiger partial charge < -0.3 is 5.32 Å². The van der Waals surface area contributed by atoms with Gasteiger partial charge in [0.2, 0.25) is 0 Å². The molecule has 22 heavy (non-hydrogen) atoms. The summed E-state index contributed by atoms with van der Waals surface area (Å²) in [4.78, 5) is 0. The maximum atomic E-state index is 10.7. The first-order valence-corrected chi connectivity index (χ1v) is 11.5. The second-order valence-electron chi connectivity index (χ2n) is 5.88. The van der Waals surface area contributed by atoms with Crippen LogP contribution in [0.3, 0.4) is 0 Å². The van der Waals surface area contributed by atoms with Gasteiger partial charge in [0.05, 0.1) is 6.26 Å². The van der Waals surface area contributed by atoms with Crippen LogP contribution in [-0.2, 0) is 13.7 Å². The lowest BCUT2D eigenvalue weighted by Gasteiger charge is -2.04. The van der Waals surface area contributed by atoms with Gasteiger partial charge in [-0.05, 0) is 32.4 Å². The van der Waals surface area contributed by atoms with Crippen molar-refractivity contribution in [3.63, 3.8) is 0 Å². The second kappa shape index (κ2) is 16.1. The monoisotopic (exact) mass is 353 g/mol. The van der Waals surface area contributed by atoms with Crippen LogP contribution in [0, 0.1) is 0 Å². The van der Waals surface area contributed by atoms with Crippen molar-refractivity contribution in [3.8, 4) is 0 Å². The molecule has 0 saturated carbocycles. The summed E-state index contributed by atoms with van der Waals surface area (Å²) in [6.45, 7) is 4.58. The van der Waals surface area contributed by atoms with Crippen LogP contribution in [0.1, 0.15) is 77.6 Å². The van der Waals surface area contributed by atoms with E-state index in [-0.39, 0.29) is 0 Å². The molecule has 0 aliphatic carbocycles. The van der Waals surface area contributed by atoms with Gasteiger partial charge in [0.25, 0.3) is 10.1 Å². The van der Waals surface area contributed by atoms with Crippen LogP contribution < -0.4 is 5.32 Å². The standard InChI is InChI=1S/C16H35NO3S2/c1-3-4-11-14-17-15-12-9-7-5-6-8-10-13-16-21-20-22(2,18)19/h17H,3-16H2,1-2H3. The zero-order chi connectivity index (χ0) is 16.5. The highest BCUT2D eigenvalue weighted by atomic mass is 32.3. The maximum Gasteiger partial charge on any atom is 0.275 e. The Morgan fingerprint density at radius 3 is 1.86 bits per heavy atom. The number of hydrogen-bond donors (Lipinski definition) is 1. The molecule has 0 heterocycles. The second-order valence-corrected chi connectivity index (χ2v) is 8.48. The minimum Gasteiger partial charge on any atom is -0.317 e. The van der Waals surface area contributed by atoms with Gasteiger partial charge in [-0.1, -0.05) is 58.3 Å². The summed E-state index contributed by atoms with van der Waals surface area (Å²) in [6.07, 6.45) is 15.1. The zero-order valence-corrected chi connectivity index (χ0v) is 16.1. The van der Waals surface area contributed by atoms with Gasteiger partial charge in [0.1, 0.15) is 0 Å². The zero-order valence-electron chi connectivity index (χ0n) is 14.4. The van der Waals surface area contributed by atoms with Crippen molar-refractivity contribution >= 4 is 22.2 Å². The Morgan fingerprint density at radius 1 is 0.818 bits per heavy atom. The van der Waals surface area contributed by atoms with Gasteiger partial charge in [-0.15, -0.1) is 0 Å². The highest BCUT2D eigenvalue weighted by Crippen LogP contribution is 2.13. The molecule has 0 atom stereocenters. The van der Waals surface area contributed by atoms with Gasteiger partial charge in [-0.25, -0.2) is 0 Å². The lowest BCUT2D eigenvalue weighted by Crippen LogP contribution is -2.16. The predicted molar refractivity (Wildman–Crippen MR) is 97.7 cm³/mol. The first kappa shape index (κ1) is 22.2. The molecule has 6 heteroatoms. The highest BCUT2D eigenvalue weighted by Gasteiger charge is 2.01. The van der Waals surface area contributed by atoms with Gasteiger partial charge in [0, 0.05) is 17.8 Å². The molecule has 4 nitrogen and oxygen atoms in total. The quantitative estimate of drug-likeness (QED) is 0.308. The molecule has 0 unspecified atom stereocenters. The Labute approximate surface area is 142 Å². The smallest absolute Gasteiger partial charge is 0.275 e. The van der Waals surface area contributed by atoms with Crippen LogP contribution in [-0.4, -0.2) is 33.5 Å². The largest absolute Gasteiger partial charge is 0.317 e. The molecule has 0 aliphatic heterocycles. The Morgan fingerprint density at radius 2 is 1.32 bits per heavy atom. The first-order chi connectivity index (χ1) is 10.6. The van der Waals surface area contributed by atoms with Crippen LogP contribution in [0.4, 0.5) is 0 Å². The fourth-order valence-corrected chi connectivity index (χ4v) is 3.51. The number of nitrogens with one attached hydrogen (secondary N) is 1. The third-order valence-corrected chi connectivity index (χ3v) is 5.29. The topological polar surface area (TPSA) is 55.4 Å². The highest BCUT2D eigenvalue weighted by molar-refractivity contribution is 8.04. The molecule has 1 N–H and O–H groups in total. The van der Waals surface area contributed by atoms with Crippen molar-refractivity contribution in [1.82, 2.24) is 5.32 Å². The van der Waals surface area contributed by atoms with E-state index in [1.807, 2.05) is 0 Å². The lowest BCUT2D eigenvalue weighted by atomic mass is 10.1. The van der Waals surface area contributed by atoms with E-state index >= 15 is 0 Å². The number of unbranched alkanes of at least 4 members (excludes halogenated alkanes) is 9. The fraction of sp³-hybridized carbons (Fsp3) is 1.00. The van der Waals surface area contributed by atoms with Crippen LogP contribution in [0.25, 0.3) is 0 Å². The van der Waals surface area contributed by atoms with E-state index in [9.17, 15) is 8.42 Å². The van der Waals surface area contributed by atoms with Crippen molar-refractivity contribution in [3.05, 3.63) is 0 Å². The Balaban J connectivity index is 3.03. The molecule has 0 amide bonds. The summed E-state index contributed by atoms with van der Waals surface area (Å²) in [6, 6.07) is 0. The van der Waals surface area contributed by atoms with E-state index in [4.69, 9.17) is 0 Å². The van der Waals surface area contributed by atoms with E-state index in [0.717, 1.165) is 30.5 Å². The molecule has 0 aromatic heterocycles. The van der Waals surface area contributed by atoms with E-state index < -0.39 is 10.1 Å². The number of hydrogen-bond acceptors (Lipinski definition) is 5. The molecular formula is C16H35NO3S2. The number of rotatable bonds is 17. The first-order valence-electron chi connectivity index (χ1n) is 8.78. The average Bonchev–Trinajstić information content (AvgIpc) is 2.45. The van der Waals surface area contributed by atoms with Crippen LogP contribution in [0.5, 0.6) is 0 Å². The van der Waals surface area contributed by atoms with Gasteiger partial charge in [-0.3, -0.25) is 0 Å². The molecule has 0 aromatic carbocycles. The Kier molecular flexibility index (Phi) is 16.3. The Bertz CT molecular complexity index is 321. The molecule has 134 valence electrons. The third kappa shape index (κ3) is 20.2. The Hall–Kier alpha value is 0.220. The normalized spacial score (nSPS) is 11.9. The van der Waals surface area contributed by atoms with Crippen molar-refractivity contribution < 1.29 is 12.0 Å². The van der Waals surface area contributed by atoms with Gasteiger partial charge >= 0.3 is 0 Å². The van der Waals surface area contributed by atoms with Crippen LogP contribution >= 0.6 is 12.0 Å². The van der Waals surface area contributed by atoms with Crippen molar-refractivity contribution in [2.24, 2.45) is 0 Å². The average molecular weight is 354 g/mol. The van der Waals surface area contributed by atoms with Gasteiger partial charge in [-0.2, -0.15) is 12.0 Å². The van der Waals surface area contributed by atoms with E-state index in [1.54, 1.807) is 0 Å². The molecule has 0 aromatic rings. The van der Waals surface area contributed by atoms with E-state index in [2.05, 4.69) is 15.9 Å². The third-order valence-electron chi connectivity index (χ3n) is 3.46. The molecule has 0 rings (SSSR count). The molecular weight excluding hydrogens is 318 g/mol. The van der Waals surface area contributed by atoms with Gasteiger partial charge in [0.15, 0.2) is 0 Å². The summed E-state index contributed by atoms with van der Waals surface area (Å²) >= 11 is 1.05. The van der Waals surface area contributed by atoms with Crippen LogP contribution in [0.15, 0.2) is 0 Å². The fourth-order valence-electron chi connectivity index (χ4n) is 2.22. The summed E-state index contributed by atoms with van der Waals surface area (Å²) in [5.41, 5.74) is 0. The molecule has 0 radical (unpaired) electrons. The van der Waals surface area contributed by atoms with Crippen molar-refractivity contribution in [2.75, 3.05) is 25.1 Å². The summed E-state index contributed by atoms with van der Waals surface area (Å²) < 4.78 is 26.1. The maximum absolute atomic E-state index is 10.7. The minimum absolute atomic E-state index is 0.761. The molecule has 0 aliphatic rings.